The van der Waals surface area contributed by atoms with E-state index in [9.17, 15) is 5.11 Å². The van der Waals surface area contributed by atoms with Crippen LogP contribution >= 0.6 is 0 Å². The van der Waals surface area contributed by atoms with Crippen molar-refractivity contribution in [2.75, 3.05) is 38.1 Å². The Kier molecular flexibility index (Phi) is 4.64. The number of anilines is 1. The number of piperidine rings is 1. The average molecular weight is 302 g/mol. The van der Waals surface area contributed by atoms with E-state index in [1.807, 2.05) is 25.1 Å². The molecule has 1 aromatic heterocycles. The first kappa shape index (κ1) is 15.3. The fourth-order valence-corrected chi connectivity index (χ4v) is 3.32. The fraction of sp³-hybridized carbons (Fsp3) is 0.588. The number of aromatic amines is 1. The molecule has 120 valence electrons. The Balaban J connectivity index is 1.55. The minimum Gasteiger partial charge on any atom is -0.392 e. The lowest BCUT2D eigenvalue weighted by Crippen LogP contribution is -2.40. The second kappa shape index (κ2) is 6.67. The van der Waals surface area contributed by atoms with Gasteiger partial charge in [-0.1, -0.05) is 12.1 Å². The number of aromatic nitrogens is 2. The predicted octanol–water partition coefficient (Wildman–Crippen LogP) is 2.09. The van der Waals surface area contributed by atoms with Crippen LogP contribution in [0.4, 0.5) is 5.95 Å². The highest BCUT2D eigenvalue weighted by atomic mass is 16.3. The number of hydrogen-bond acceptors (Lipinski definition) is 4. The maximum atomic E-state index is 9.47. The maximum Gasteiger partial charge on any atom is 0.203 e. The molecule has 2 heterocycles. The molecule has 1 unspecified atom stereocenters. The van der Waals surface area contributed by atoms with Crippen molar-refractivity contribution >= 4 is 17.0 Å². The number of nitrogens with zero attached hydrogens (tertiary/aromatic N) is 3. The van der Waals surface area contributed by atoms with Gasteiger partial charge in [-0.25, -0.2) is 4.98 Å². The molecule has 2 N–H and O–H groups in total. The van der Waals surface area contributed by atoms with Crippen molar-refractivity contribution in [2.45, 2.75) is 25.9 Å². The van der Waals surface area contributed by atoms with Gasteiger partial charge in [0.1, 0.15) is 0 Å². The highest BCUT2D eigenvalue weighted by Gasteiger charge is 2.21. The van der Waals surface area contributed by atoms with E-state index in [0.29, 0.717) is 5.92 Å². The van der Waals surface area contributed by atoms with Crippen molar-refractivity contribution in [3.8, 4) is 0 Å². The third-order valence-electron chi connectivity index (χ3n) is 4.50. The summed E-state index contributed by atoms with van der Waals surface area (Å²) in [6, 6.07) is 8.15. The molecule has 3 rings (SSSR count). The van der Waals surface area contributed by atoms with Gasteiger partial charge in [-0.2, -0.15) is 0 Å². The van der Waals surface area contributed by atoms with Gasteiger partial charge in [-0.3, -0.25) is 0 Å². The molecule has 0 aliphatic carbocycles. The van der Waals surface area contributed by atoms with Crippen LogP contribution < -0.4 is 4.90 Å². The highest BCUT2D eigenvalue weighted by molar-refractivity contribution is 5.77. The largest absolute Gasteiger partial charge is 0.392 e. The summed E-state index contributed by atoms with van der Waals surface area (Å²) in [6.45, 7) is 5.86. The first-order chi connectivity index (χ1) is 10.6. The van der Waals surface area contributed by atoms with Crippen molar-refractivity contribution in [1.82, 2.24) is 14.9 Å². The molecule has 22 heavy (non-hydrogen) atoms. The monoisotopic (exact) mass is 302 g/mol. The van der Waals surface area contributed by atoms with Crippen LogP contribution in [0.15, 0.2) is 24.3 Å². The molecule has 2 aromatic rings. The molecule has 0 amide bonds. The fourth-order valence-electron chi connectivity index (χ4n) is 3.32. The topological polar surface area (TPSA) is 55.4 Å². The van der Waals surface area contributed by atoms with Crippen molar-refractivity contribution in [3.63, 3.8) is 0 Å². The molecule has 0 saturated carbocycles. The second-order valence-corrected chi connectivity index (χ2v) is 6.55. The van der Waals surface area contributed by atoms with E-state index in [1.54, 1.807) is 0 Å². The molecule has 1 aliphatic heterocycles. The number of nitrogens with one attached hydrogen (secondary N) is 1. The van der Waals surface area contributed by atoms with Gasteiger partial charge in [0, 0.05) is 20.1 Å². The summed E-state index contributed by atoms with van der Waals surface area (Å²) in [5.74, 6) is 1.65. The molecule has 0 radical (unpaired) electrons. The van der Waals surface area contributed by atoms with Gasteiger partial charge < -0.3 is 19.9 Å². The first-order valence-electron chi connectivity index (χ1n) is 8.18. The van der Waals surface area contributed by atoms with Crippen LogP contribution in [0.2, 0.25) is 0 Å². The van der Waals surface area contributed by atoms with Crippen molar-refractivity contribution in [3.05, 3.63) is 24.3 Å². The molecule has 1 aliphatic rings. The quantitative estimate of drug-likeness (QED) is 0.888. The number of aliphatic hydroxyl groups excluding tert-OH is 1. The maximum absolute atomic E-state index is 9.47. The van der Waals surface area contributed by atoms with Crippen LogP contribution in [0.1, 0.15) is 19.8 Å². The number of fused-ring (bicyclic) bond motifs is 1. The summed E-state index contributed by atoms with van der Waals surface area (Å²) in [5, 5.41) is 9.47. The molecule has 0 spiro atoms. The summed E-state index contributed by atoms with van der Waals surface area (Å²) < 4.78 is 0. The lowest BCUT2D eigenvalue weighted by atomic mass is 9.96. The first-order valence-corrected chi connectivity index (χ1v) is 8.18. The van der Waals surface area contributed by atoms with E-state index in [4.69, 9.17) is 0 Å². The number of rotatable bonds is 5. The number of imidazole rings is 1. The minimum absolute atomic E-state index is 0.227. The Morgan fingerprint density at radius 1 is 1.36 bits per heavy atom. The van der Waals surface area contributed by atoms with Crippen LogP contribution in [0.3, 0.4) is 0 Å². The summed E-state index contributed by atoms with van der Waals surface area (Å²) >= 11 is 0. The molecule has 5 nitrogen and oxygen atoms in total. The van der Waals surface area contributed by atoms with Gasteiger partial charge in [0.05, 0.1) is 17.1 Å². The van der Waals surface area contributed by atoms with E-state index in [1.165, 1.54) is 12.8 Å². The highest BCUT2D eigenvalue weighted by Crippen LogP contribution is 2.21. The number of aliphatic hydroxyl groups is 1. The molecular weight excluding hydrogens is 276 g/mol. The zero-order chi connectivity index (χ0) is 15.5. The van der Waals surface area contributed by atoms with Gasteiger partial charge in [-0.15, -0.1) is 0 Å². The smallest absolute Gasteiger partial charge is 0.203 e. The van der Waals surface area contributed by atoms with E-state index in [2.05, 4.69) is 32.9 Å². The van der Waals surface area contributed by atoms with Gasteiger partial charge in [0.15, 0.2) is 0 Å². The lowest BCUT2D eigenvalue weighted by Gasteiger charge is -2.34. The molecule has 1 fully saturated rings. The Hall–Kier alpha value is -1.59. The van der Waals surface area contributed by atoms with E-state index >= 15 is 0 Å². The van der Waals surface area contributed by atoms with Crippen LogP contribution in [-0.4, -0.2) is 59.3 Å². The average Bonchev–Trinajstić information content (AvgIpc) is 2.93. The number of para-hydroxylation sites is 2. The van der Waals surface area contributed by atoms with Gasteiger partial charge in [-0.05, 0) is 50.9 Å². The second-order valence-electron chi connectivity index (χ2n) is 6.55. The molecule has 1 aromatic carbocycles. The van der Waals surface area contributed by atoms with Gasteiger partial charge >= 0.3 is 0 Å². The van der Waals surface area contributed by atoms with Crippen LogP contribution in [-0.2, 0) is 0 Å². The van der Waals surface area contributed by atoms with Crippen LogP contribution in [0.25, 0.3) is 11.0 Å². The standard InChI is InChI=1S/C17H26N4O/c1-13(22)11-21-9-7-14(8-10-21)12-20(2)17-18-15-5-3-4-6-16(15)19-17/h3-6,13-14,22H,7-12H2,1-2H3,(H,18,19). The van der Waals surface area contributed by atoms with Crippen molar-refractivity contribution in [1.29, 1.82) is 0 Å². The molecule has 0 bridgehead atoms. The molecule has 5 heteroatoms. The summed E-state index contributed by atoms with van der Waals surface area (Å²) in [5.41, 5.74) is 2.12. The Bertz CT molecular complexity index is 568. The zero-order valence-corrected chi connectivity index (χ0v) is 13.5. The number of hydrogen-bond donors (Lipinski definition) is 2. The lowest BCUT2D eigenvalue weighted by molar-refractivity contribution is 0.101. The molecule has 1 saturated heterocycles. The van der Waals surface area contributed by atoms with E-state index in [0.717, 1.165) is 43.2 Å². The minimum atomic E-state index is -0.227. The van der Waals surface area contributed by atoms with Gasteiger partial charge in [0.25, 0.3) is 0 Å². The predicted molar refractivity (Wildman–Crippen MR) is 90.2 cm³/mol. The van der Waals surface area contributed by atoms with Crippen LogP contribution in [0.5, 0.6) is 0 Å². The van der Waals surface area contributed by atoms with Gasteiger partial charge in [0.2, 0.25) is 5.95 Å². The van der Waals surface area contributed by atoms with Crippen molar-refractivity contribution < 1.29 is 5.11 Å². The SMILES string of the molecule is CC(O)CN1CCC(CN(C)c2nc3ccccc3[nH]2)CC1. The number of H-pyrrole nitrogens is 1. The van der Waals surface area contributed by atoms with Crippen molar-refractivity contribution in [2.24, 2.45) is 5.92 Å². The third kappa shape index (κ3) is 3.59. The zero-order valence-electron chi connectivity index (χ0n) is 13.5. The molecule has 1 atom stereocenters. The Morgan fingerprint density at radius 3 is 2.77 bits per heavy atom. The number of likely N-dealkylation sites (tertiary alicyclic amines) is 1. The normalized spacial score (nSPS) is 18.7. The number of β-amino-alcohol motifs (C(OH)–C–C–N with tert-alkyl or cyclic N) is 1. The Labute approximate surface area is 131 Å². The van der Waals surface area contributed by atoms with E-state index in [-0.39, 0.29) is 6.10 Å². The molecular formula is C17H26N4O. The summed E-state index contributed by atoms with van der Waals surface area (Å²) in [7, 11) is 2.11. The third-order valence-corrected chi connectivity index (χ3v) is 4.50. The Morgan fingerprint density at radius 2 is 2.09 bits per heavy atom. The number of benzene rings is 1. The van der Waals surface area contributed by atoms with E-state index < -0.39 is 0 Å². The van der Waals surface area contributed by atoms with Crippen LogP contribution in [0, 0.1) is 5.92 Å². The summed E-state index contributed by atoms with van der Waals surface area (Å²) in [4.78, 5) is 12.6. The summed E-state index contributed by atoms with van der Waals surface area (Å²) in [6.07, 6.45) is 2.16.